The number of aliphatic hydroxyl groups excluding tert-OH is 1. The van der Waals surface area contributed by atoms with Crippen LogP contribution < -0.4 is 0 Å². The topological polar surface area (TPSA) is 45.6 Å². The molecule has 1 aliphatic rings. The Kier molecular flexibility index (Phi) is 3.76. The molecule has 2 heterocycles. The molecule has 94 valence electrons. The Labute approximate surface area is 102 Å². The van der Waals surface area contributed by atoms with E-state index in [1.54, 1.807) is 12.4 Å². The van der Waals surface area contributed by atoms with E-state index in [0.29, 0.717) is 0 Å². The second kappa shape index (κ2) is 5.12. The van der Waals surface area contributed by atoms with Crippen molar-refractivity contribution in [1.82, 2.24) is 9.88 Å². The molecule has 1 aliphatic heterocycles. The Hall–Kier alpha value is -0.970. The summed E-state index contributed by atoms with van der Waals surface area (Å²) >= 11 is 0. The van der Waals surface area contributed by atoms with Gasteiger partial charge in [0.15, 0.2) is 0 Å². The Bertz CT molecular complexity index is 348. The Morgan fingerprint density at radius 2 is 2.12 bits per heavy atom. The van der Waals surface area contributed by atoms with E-state index >= 15 is 0 Å². The highest BCUT2D eigenvalue weighted by atomic mass is 16.5. The summed E-state index contributed by atoms with van der Waals surface area (Å²) < 4.78 is 5.34. The Morgan fingerprint density at radius 1 is 1.41 bits per heavy atom. The highest BCUT2D eigenvalue weighted by Gasteiger charge is 2.36. The maximum atomic E-state index is 10.5. The summed E-state index contributed by atoms with van der Waals surface area (Å²) in [5, 5.41) is 10.5. The summed E-state index contributed by atoms with van der Waals surface area (Å²) in [4.78, 5) is 6.33. The number of rotatable bonds is 3. The number of aliphatic hydroxyl groups is 1. The molecule has 0 radical (unpaired) electrons. The van der Waals surface area contributed by atoms with E-state index in [1.165, 1.54) is 0 Å². The number of morpholine rings is 1. The van der Waals surface area contributed by atoms with E-state index in [0.717, 1.165) is 31.9 Å². The van der Waals surface area contributed by atoms with Crippen LogP contribution >= 0.6 is 0 Å². The number of ether oxygens (including phenoxy) is 1. The van der Waals surface area contributed by atoms with Crippen LogP contribution in [0.25, 0.3) is 0 Å². The standard InChI is InChI=1S/C13H20N2O2/c1-13(2,15-6-8-17-9-7-15)12(16)11-4-3-5-14-10-11/h3-5,10,12,16H,6-9H2,1-2H3. The van der Waals surface area contributed by atoms with Gasteiger partial charge in [-0.05, 0) is 19.9 Å². The fourth-order valence-corrected chi connectivity index (χ4v) is 2.26. The minimum absolute atomic E-state index is 0.299. The van der Waals surface area contributed by atoms with Crippen LogP contribution in [0.2, 0.25) is 0 Å². The zero-order chi connectivity index (χ0) is 12.3. The molecule has 17 heavy (non-hydrogen) atoms. The van der Waals surface area contributed by atoms with Crippen molar-refractivity contribution in [3.63, 3.8) is 0 Å². The third-order valence-corrected chi connectivity index (χ3v) is 3.50. The van der Waals surface area contributed by atoms with E-state index in [9.17, 15) is 5.11 Å². The lowest BCUT2D eigenvalue weighted by molar-refractivity contribution is -0.0631. The summed E-state index contributed by atoms with van der Waals surface area (Å²) in [6.07, 6.45) is 2.92. The van der Waals surface area contributed by atoms with Gasteiger partial charge in [-0.25, -0.2) is 0 Å². The van der Waals surface area contributed by atoms with Gasteiger partial charge < -0.3 is 9.84 Å². The van der Waals surface area contributed by atoms with Crippen LogP contribution in [-0.2, 0) is 4.74 Å². The fraction of sp³-hybridized carbons (Fsp3) is 0.615. The SMILES string of the molecule is CC(C)(C(O)c1cccnc1)N1CCOCC1. The first-order valence-electron chi connectivity index (χ1n) is 6.03. The zero-order valence-corrected chi connectivity index (χ0v) is 10.5. The molecule has 1 aromatic rings. The van der Waals surface area contributed by atoms with Gasteiger partial charge in [-0.2, -0.15) is 0 Å². The maximum absolute atomic E-state index is 10.5. The molecule has 0 aliphatic carbocycles. The van der Waals surface area contributed by atoms with Crippen molar-refractivity contribution in [2.24, 2.45) is 0 Å². The van der Waals surface area contributed by atoms with Crippen molar-refractivity contribution in [3.05, 3.63) is 30.1 Å². The second-order valence-corrected chi connectivity index (χ2v) is 4.94. The molecule has 1 fully saturated rings. The summed E-state index contributed by atoms with van der Waals surface area (Å²) in [6, 6.07) is 3.77. The van der Waals surface area contributed by atoms with Crippen LogP contribution in [0.5, 0.6) is 0 Å². The van der Waals surface area contributed by atoms with Crippen molar-refractivity contribution < 1.29 is 9.84 Å². The van der Waals surface area contributed by atoms with Crippen LogP contribution in [0, 0.1) is 0 Å². The lowest BCUT2D eigenvalue weighted by atomic mass is 9.90. The highest BCUT2D eigenvalue weighted by Crippen LogP contribution is 2.30. The molecule has 4 heteroatoms. The van der Waals surface area contributed by atoms with Crippen LogP contribution in [0.3, 0.4) is 0 Å². The van der Waals surface area contributed by atoms with Gasteiger partial charge in [0.05, 0.1) is 19.3 Å². The monoisotopic (exact) mass is 236 g/mol. The summed E-state index contributed by atoms with van der Waals surface area (Å²) in [7, 11) is 0. The molecule has 0 saturated carbocycles. The van der Waals surface area contributed by atoms with Crippen molar-refractivity contribution in [2.75, 3.05) is 26.3 Å². The summed E-state index contributed by atoms with van der Waals surface area (Å²) in [5.41, 5.74) is 0.566. The van der Waals surface area contributed by atoms with Crippen LogP contribution in [0.1, 0.15) is 25.5 Å². The lowest BCUT2D eigenvalue weighted by Gasteiger charge is -2.43. The van der Waals surface area contributed by atoms with E-state index < -0.39 is 6.10 Å². The summed E-state index contributed by atoms with van der Waals surface area (Å²) in [6.45, 7) is 7.34. The molecule has 0 bridgehead atoms. The molecular formula is C13H20N2O2. The molecule has 1 N–H and O–H groups in total. The predicted octanol–water partition coefficient (Wildman–Crippen LogP) is 1.23. The first kappa shape index (κ1) is 12.5. The smallest absolute Gasteiger partial charge is 0.0983 e. The molecule has 0 amide bonds. The molecule has 2 rings (SSSR count). The minimum Gasteiger partial charge on any atom is -0.386 e. The third-order valence-electron chi connectivity index (χ3n) is 3.50. The van der Waals surface area contributed by atoms with Gasteiger partial charge in [0.2, 0.25) is 0 Å². The van der Waals surface area contributed by atoms with Crippen molar-refractivity contribution in [1.29, 1.82) is 0 Å². The molecular weight excluding hydrogens is 216 g/mol. The van der Waals surface area contributed by atoms with Gasteiger partial charge in [-0.15, -0.1) is 0 Å². The molecule has 1 aromatic heterocycles. The van der Waals surface area contributed by atoms with Crippen LogP contribution in [-0.4, -0.2) is 46.8 Å². The van der Waals surface area contributed by atoms with E-state index in [-0.39, 0.29) is 5.54 Å². The lowest BCUT2D eigenvalue weighted by Crippen LogP contribution is -2.53. The van der Waals surface area contributed by atoms with Crippen molar-refractivity contribution >= 4 is 0 Å². The molecule has 1 atom stereocenters. The average molecular weight is 236 g/mol. The molecule has 0 aromatic carbocycles. The number of hydrogen-bond acceptors (Lipinski definition) is 4. The second-order valence-electron chi connectivity index (χ2n) is 4.94. The molecule has 4 nitrogen and oxygen atoms in total. The third kappa shape index (κ3) is 2.65. The minimum atomic E-state index is -0.533. The first-order chi connectivity index (χ1) is 8.12. The quantitative estimate of drug-likeness (QED) is 0.857. The summed E-state index contributed by atoms with van der Waals surface area (Å²) in [5.74, 6) is 0. The van der Waals surface area contributed by atoms with Crippen molar-refractivity contribution in [2.45, 2.75) is 25.5 Å². The van der Waals surface area contributed by atoms with E-state index in [2.05, 4.69) is 23.7 Å². The van der Waals surface area contributed by atoms with E-state index in [4.69, 9.17) is 4.74 Å². The Morgan fingerprint density at radius 3 is 2.71 bits per heavy atom. The molecule has 1 unspecified atom stereocenters. The Balaban J connectivity index is 2.13. The molecule has 1 saturated heterocycles. The van der Waals surface area contributed by atoms with Crippen LogP contribution in [0.15, 0.2) is 24.5 Å². The van der Waals surface area contributed by atoms with Gasteiger partial charge in [0.1, 0.15) is 0 Å². The number of aromatic nitrogens is 1. The van der Waals surface area contributed by atoms with Crippen molar-refractivity contribution in [3.8, 4) is 0 Å². The van der Waals surface area contributed by atoms with Gasteiger partial charge in [0.25, 0.3) is 0 Å². The van der Waals surface area contributed by atoms with E-state index in [1.807, 2.05) is 12.1 Å². The number of pyridine rings is 1. The van der Waals surface area contributed by atoms with Gasteiger partial charge in [-0.3, -0.25) is 9.88 Å². The van der Waals surface area contributed by atoms with Gasteiger partial charge in [0, 0.05) is 36.6 Å². The first-order valence-corrected chi connectivity index (χ1v) is 6.03. The zero-order valence-electron chi connectivity index (χ0n) is 10.5. The number of hydrogen-bond donors (Lipinski definition) is 1. The largest absolute Gasteiger partial charge is 0.386 e. The van der Waals surface area contributed by atoms with Gasteiger partial charge in [-0.1, -0.05) is 6.07 Å². The molecule has 0 spiro atoms. The predicted molar refractivity (Wildman–Crippen MR) is 65.7 cm³/mol. The highest BCUT2D eigenvalue weighted by molar-refractivity contribution is 5.16. The maximum Gasteiger partial charge on any atom is 0.0983 e. The van der Waals surface area contributed by atoms with Gasteiger partial charge >= 0.3 is 0 Å². The normalized spacial score (nSPS) is 20.2. The van der Waals surface area contributed by atoms with Crippen LogP contribution in [0.4, 0.5) is 0 Å². The average Bonchev–Trinajstić information content (AvgIpc) is 2.40. The number of nitrogens with zero attached hydrogens (tertiary/aromatic N) is 2. The fourth-order valence-electron chi connectivity index (χ4n) is 2.26.